The number of rotatable bonds is 6. The molecular formula is C17H29N3. The van der Waals surface area contributed by atoms with Gasteiger partial charge in [0.25, 0.3) is 0 Å². The monoisotopic (exact) mass is 275 g/mol. The van der Waals surface area contributed by atoms with E-state index in [1.807, 2.05) is 12.3 Å². The minimum atomic E-state index is 0.933. The van der Waals surface area contributed by atoms with E-state index >= 15 is 0 Å². The van der Waals surface area contributed by atoms with Crippen molar-refractivity contribution in [3.63, 3.8) is 0 Å². The van der Waals surface area contributed by atoms with Crippen molar-refractivity contribution >= 4 is 5.82 Å². The summed E-state index contributed by atoms with van der Waals surface area (Å²) in [6.45, 7) is 8.88. The van der Waals surface area contributed by atoms with Crippen LogP contribution in [0.15, 0.2) is 18.3 Å². The van der Waals surface area contributed by atoms with E-state index in [2.05, 4.69) is 35.1 Å². The van der Waals surface area contributed by atoms with Crippen LogP contribution in [0.3, 0.4) is 0 Å². The molecule has 1 N–H and O–H groups in total. The van der Waals surface area contributed by atoms with E-state index < -0.39 is 0 Å². The number of nitrogens with zero attached hydrogens (tertiary/aromatic N) is 2. The summed E-state index contributed by atoms with van der Waals surface area (Å²) in [5.41, 5.74) is 1.34. The van der Waals surface area contributed by atoms with Crippen LogP contribution in [0.5, 0.6) is 0 Å². The number of likely N-dealkylation sites (tertiary alicyclic amines) is 1. The van der Waals surface area contributed by atoms with Crippen LogP contribution in [0.1, 0.15) is 51.5 Å². The van der Waals surface area contributed by atoms with Crippen molar-refractivity contribution < 1.29 is 0 Å². The molecule has 0 spiro atoms. The smallest absolute Gasteiger partial charge is 0.130 e. The second-order valence-electron chi connectivity index (χ2n) is 5.90. The Bertz CT molecular complexity index is 392. The Labute approximate surface area is 123 Å². The number of nitrogens with one attached hydrogen (secondary N) is 1. The van der Waals surface area contributed by atoms with E-state index in [1.54, 1.807) is 0 Å². The molecule has 0 radical (unpaired) electrons. The van der Waals surface area contributed by atoms with Gasteiger partial charge in [0.2, 0.25) is 0 Å². The van der Waals surface area contributed by atoms with Gasteiger partial charge in [0.15, 0.2) is 0 Å². The third-order valence-corrected chi connectivity index (χ3v) is 4.27. The molecule has 1 saturated heterocycles. The predicted octanol–water partition coefficient (Wildman–Crippen LogP) is 3.92. The lowest BCUT2D eigenvalue weighted by Gasteiger charge is -2.21. The van der Waals surface area contributed by atoms with Crippen LogP contribution < -0.4 is 5.32 Å². The zero-order valence-corrected chi connectivity index (χ0v) is 13.1. The second kappa shape index (κ2) is 8.25. The van der Waals surface area contributed by atoms with E-state index in [9.17, 15) is 0 Å². The first kappa shape index (κ1) is 15.3. The van der Waals surface area contributed by atoms with Gasteiger partial charge in [-0.1, -0.05) is 25.8 Å². The summed E-state index contributed by atoms with van der Waals surface area (Å²) >= 11 is 0. The van der Waals surface area contributed by atoms with E-state index in [-0.39, 0.29) is 0 Å². The Hall–Kier alpha value is -1.09. The van der Waals surface area contributed by atoms with Crippen molar-refractivity contribution in [1.82, 2.24) is 9.88 Å². The summed E-state index contributed by atoms with van der Waals surface area (Å²) in [6, 6.07) is 4.26. The average Bonchev–Trinajstić information content (AvgIpc) is 2.68. The molecule has 0 saturated carbocycles. The molecule has 2 rings (SSSR count). The SMILES string of the molecule is CCCC1CCCN(Cc2cccnc2NCC)CC1. The largest absolute Gasteiger partial charge is 0.370 e. The van der Waals surface area contributed by atoms with E-state index in [1.165, 1.54) is 50.8 Å². The van der Waals surface area contributed by atoms with Gasteiger partial charge >= 0.3 is 0 Å². The Balaban J connectivity index is 1.93. The van der Waals surface area contributed by atoms with Gasteiger partial charge in [-0.05, 0) is 51.3 Å². The van der Waals surface area contributed by atoms with Crippen LogP contribution in [0.4, 0.5) is 5.82 Å². The zero-order chi connectivity index (χ0) is 14.2. The van der Waals surface area contributed by atoms with Gasteiger partial charge in [-0.2, -0.15) is 0 Å². The Morgan fingerprint density at radius 1 is 1.30 bits per heavy atom. The Kier molecular flexibility index (Phi) is 6.31. The van der Waals surface area contributed by atoms with Crippen LogP contribution in [-0.4, -0.2) is 29.5 Å². The van der Waals surface area contributed by atoms with E-state index in [0.717, 1.165) is 24.8 Å². The van der Waals surface area contributed by atoms with E-state index in [0.29, 0.717) is 0 Å². The molecule has 3 heteroatoms. The average molecular weight is 275 g/mol. The van der Waals surface area contributed by atoms with Crippen LogP contribution in [0, 0.1) is 5.92 Å². The number of aromatic nitrogens is 1. The molecule has 20 heavy (non-hydrogen) atoms. The quantitative estimate of drug-likeness (QED) is 0.853. The first-order chi connectivity index (χ1) is 9.83. The first-order valence-electron chi connectivity index (χ1n) is 8.23. The molecule has 1 aromatic heterocycles. The van der Waals surface area contributed by atoms with Gasteiger partial charge < -0.3 is 5.32 Å². The summed E-state index contributed by atoms with van der Waals surface area (Å²) in [4.78, 5) is 7.07. The molecule has 0 aliphatic carbocycles. The fraction of sp³-hybridized carbons (Fsp3) is 0.706. The minimum Gasteiger partial charge on any atom is -0.370 e. The molecule has 1 fully saturated rings. The first-order valence-corrected chi connectivity index (χ1v) is 8.23. The summed E-state index contributed by atoms with van der Waals surface area (Å²) < 4.78 is 0. The number of pyridine rings is 1. The van der Waals surface area contributed by atoms with Gasteiger partial charge in [0, 0.05) is 24.8 Å². The molecule has 0 aromatic carbocycles. The Morgan fingerprint density at radius 3 is 3.00 bits per heavy atom. The molecule has 3 nitrogen and oxygen atoms in total. The fourth-order valence-electron chi connectivity index (χ4n) is 3.21. The summed E-state index contributed by atoms with van der Waals surface area (Å²) in [7, 11) is 0. The normalized spacial score (nSPS) is 20.6. The van der Waals surface area contributed by atoms with Crippen LogP contribution in [0.25, 0.3) is 0 Å². The predicted molar refractivity (Wildman–Crippen MR) is 85.9 cm³/mol. The van der Waals surface area contributed by atoms with Crippen LogP contribution in [-0.2, 0) is 6.54 Å². The number of hydrogen-bond donors (Lipinski definition) is 1. The van der Waals surface area contributed by atoms with Crippen molar-refractivity contribution in [3.05, 3.63) is 23.9 Å². The third-order valence-electron chi connectivity index (χ3n) is 4.27. The lowest BCUT2D eigenvalue weighted by molar-refractivity contribution is 0.271. The highest BCUT2D eigenvalue weighted by Gasteiger charge is 2.17. The van der Waals surface area contributed by atoms with Gasteiger partial charge in [0.05, 0.1) is 0 Å². The van der Waals surface area contributed by atoms with Gasteiger partial charge in [-0.3, -0.25) is 4.90 Å². The lowest BCUT2D eigenvalue weighted by Crippen LogP contribution is -2.25. The fourth-order valence-corrected chi connectivity index (χ4v) is 3.21. The van der Waals surface area contributed by atoms with Crippen molar-refractivity contribution in [2.45, 2.75) is 52.5 Å². The van der Waals surface area contributed by atoms with Gasteiger partial charge in [0.1, 0.15) is 5.82 Å². The minimum absolute atomic E-state index is 0.933. The van der Waals surface area contributed by atoms with E-state index in [4.69, 9.17) is 0 Å². The Morgan fingerprint density at radius 2 is 2.20 bits per heavy atom. The lowest BCUT2D eigenvalue weighted by atomic mass is 9.96. The molecule has 1 aliphatic heterocycles. The number of anilines is 1. The maximum absolute atomic E-state index is 4.46. The summed E-state index contributed by atoms with van der Waals surface area (Å²) in [5.74, 6) is 2.01. The number of hydrogen-bond acceptors (Lipinski definition) is 3. The molecule has 1 aromatic rings. The highest BCUT2D eigenvalue weighted by Crippen LogP contribution is 2.23. The van der Waals surface area contributed by atoms with Crippen molar-refractivity contribution in [2.24, 2.45) is 5.92 Å². The second-order valence-corrected chi connectivity index (χ2v) is 5.90. The standard InChI is InChI=1S/C17H29N3/c1-3-7-15-8-6-12-20(13-10-15)14-16-9-5-11-19-17(16)18-4-2/h5,9,11,15H,3-4,6-8,10,12-14H2,1-2H3,(H,18,19). The summed E-state index contributed by atoms with van der Waals surface area (Å²) in [6.07, 6.45) is 8.74. The van der Waals surface area contributed by atoms with Crippen LogP contribution in [0.2, 0.25) is 0 Å². The van der Waals surface area contributed by atoms with Crippen molar-refractivity contribution in [1.29, 1.82) is 0 Å². The molecular weight excluding hydrogens is 246 g/mol. The molecule has 0 amide bonds. The van der Waals surface area contributed by atoms with Gasteiger partial charge in [-0.15, -0.1) is 0 Å². The van der Waals surface area contributed by atoms with Gasteiger partial charge in [-0.25, -0.2) is 4.98 Å². The maximum atomic E-state index is 4.46. The van der Waals surface area contributed by atoms with Crippen LogP contribution >= 0.6 is 0 Å². The molecule has 1 aliphatic rings. The maximum Gasteiger partial charge on any atom is 0.130 e. The molecule has 1 unspecified atom stereocenters. The zero-order valence-electron chi connectivity index (χ0n) is 13.1. The molecule has 2 heterocycles. The highest BCUT2D eigenvalue weighted by atomic mass is 15.1. The molecule has 1 atom stereocenters. The topological polar surface area (TPSA) is 28.2 Å². The van der Waals surface area contributed by atoms with Crippen molar-refractivity contribution in [3.8, 4) is 0 Å². The van der Waals surface area contributed by atoms with Crippen molar-refractivity contribution in [2.75, 3.05) is 25.0 Å². The third kappa shape index (κ3) is 4.48. The highest BCUT2D eigenvalue weighted by molar-refractivity contribution is 5.43. The molecule has 0 bridgehead atoms. The summed E-state index contributed by atoms with van der Waals surface area (Å²) in [5, 5.41) is 3.37. The molecule has 112 valence electrons.